The van der Waals surface area contributed by atoms with Crippen LogP contribution in [0.25, 0.3) is 6.08 Å². The summed E-state index contributed by atoms with van der Waals surface area (Å²) in [7, 11) is -3.73. The van der Waals surface area contributed by atoms with Crippen molar-refractivity contribution in [2.24, 2.45) is 0 Å². The molecule has 0 aliphatic carbocycles. The number of alkyl halides is 3. The lowest BCUT2D eigenvalue weighted by molar-refractivity contribution is -0.154. The topological polar surface area (TPSA) is 111 Å². The van der Waals surface area contributed by atoms with E-state index in [4.69, 9.17) is 4.42 Å². The van der Waals surface area contributed by atoms with E-state index in [0.29, 0.717) is 16.9 Å². The Labute approximate surface area is 193 Å². The van der Waals surface area contributed by atoms with Gasteiger partial charge in [-0.3, -0.25) is 4.79 Å². The normalized spacial score (nSPS) is 12.1. The lowest BCUT2D eigenvalue weighted by Crippen LogP contribution is -2.22. The third-order valence-corrected chi connectivity index (χ3v) is 5.70. The number of carbonyl (C=O) groups is 1. The van der Waals surface area contributed by atoms with Crippen LogP contribution in [0.4, 0.5) is 13.2 Å². The predicted octanol–water partition coefficient (Wildman–Crippen LogP) is 3.42. The van der Waals surface area contributed by atoms with Crippen molar-refractivity contribution >= 4 is 22.0 Å². The maximum atomic E-state index is 12.3. The fraction of sp³-hybridized carbons (Fsp3) is 0.182. The first-order valence-corrected chi connectivity index (χ1v) is 11.3. The number of amides is 1. The van der Waals surface area contributed by atoms with E-state index in [0.717, 1.165) is 0 Å². The molecule has 0 saturated carbocycles. The number of rotatable bonds is 10. The minimum atomic E-state index is -4.48. The number of carbonyl (C=O) groups excluding carboxylic acids is 1. The summed E-state index contributed by atoms with van der Waals surface area (Å²) in [6, 6.07) is 12.0. The Hall–Kier alpha value is -3.64. The van der Waals surface area contributed by atoms with Crippen molar-refractivity contribution in [3.63, 3.8) is 0 Å². The van der Waals surface area contributed by atoms with Gasteiger partial charge in [-0.2, -0.15) is 13.2 Å². The van der Waals surface area contributed by atoms with Crippen LogP contribution in [-0.4, -0.2) is 32.1 Å². The summed E-state index contributed by atoms with van der Waals surface area (Å²) in [6.45, 7) is -1.39. The number of ether oxygens (including phenoxy) is 1. The first-order chi connectivity index (χ1) is 16.1. The Morgan fingerprint density at radius 3 is 2.56 bits per heavy atom. The SMILES string of the molecule is O=C(/C=C/c1ccc(S(=O)(=O)NCc2ccco2)cc1)NCc1ccnc(OCC(F)(F)F)c1. The van der Waals surface area contributed by atoms with Crippen molar-refractivity contribution in [2.45, 2.75) is 24.2 Å². The van der Waals surface area contributed by atoms with Gasteiger partial charge in [-0.05, 0) is 47.5 Å². The predicted molar refractivity (Wildman–Crippen MR) is 116 cm³/mol. The number of nitrogens with zero attached hydrogens (tertiary/aromatic N) is 1. The van der Waals surface area contributed by atoms with Crippen LogP contribution < -0.4 is 14.8 Å². The number of hydrogen-bond donors (Lipinski definition) is 2. The van der Waals surface area contributed by atoms with Gasteiger partial charge >= 0.3 is 6.18 Å². The molecule has 0 fully saturated rings. The highest BCUT2D eigenvalue weighted by Crippen LogP contribution is 2.17. The minimum Gasteiger partial charge on any atom is -0.468 e. The summed E-state index contributed by atoms with van der Waals surface area (Å²) in [6.07, 6.45) is 0.993. The molecule has 0 aliphatic heterocycles. The van der Waals surface area contributed by atoms with Gasteiger partial charge in [0.1, 0.15) is 5.76 Å². The molecular weight excluding hydrogens is 475 g/mol. The number of halogens is 3. The highest BCUT2D eigenvalue weighted by molar-refractivity contribution is 7.89. The number of furan rings is 1. The van der Waals surface area contributed by atoms with Crippen LogP contribution in [0.1, 0.15) is 16.9 Å². The van der Waals surface area contributed by atoms with E-state index in [1.54, 1.807) is 24.3 Å². The van der Waals surface area contributed by atoms with Gasteiger partial charge in [-0.25, -0.2) is 18.1 Å². The Balaban J connectivity index is 1.50. The zero-order valence-electron chi connectivity index (χ0n) is 17.6. The summed E-state index contributed by atoms with van der Waals surface area (Å²) >= 11 is 0. The van der Waals surface area contributed by atoms with Crippen LogP contribution in [0, 0.1) is 0 Å². The summed E-state index contributed by atoms with van der Waals surface area (Å²) < 4.78 is 73.5. The first kappa shape index (κ1) is 25.0. The molecule has 34 heavy (non-hydrogen) atoms. The molecule has 2 N–H and O–H groups in total. The van der Waals surface area contributed by atoms with Gasteiger partial charge in [0.05, 0.1) is 17.7 Å². The highest BCUT2D eigenvalue weighted by atomic mass is 32.2. The van der Waals surface area contributed by atoms with E-state index >= 15 is 0 Å². The van der Waals surface area contributed by atoms with Crippen molar-refractivity contribution < 1.29 is 35.5 Å². The molecule has 0 aliphatic rings. The Bertz CT molecular complexity index is 1230. The molecule has 0 unspecified atom stereocenters. The van der Waals surface area contributed by atoms with Gasteiger partial charge in [-0.15, -0.1) is 0 Å². The maximum absolute atomic E-state index is 12.3. The van der Waals surface area contributed by atoms with Crippen LogP contribution in [0.2, 0.25) is 0 Å². The second kappa shape index (κ2) is 11.0. The average molecular weight is 495 g/mol. The fourth-order valence-corrected chi connectivity index (χ4v) is 3.63. The zero-order valence-corrected chi connectivity index (χ0v) is 18.4. The standard InChI is InChI=1S/C22H20F3N3O5S/c23-22(24,25)15-33-21-12-17(9-10-26-21)13-27-20(29)8-5-16-3-6-19(7-4-16)34(30,31)28-14-18-2-1-11-32-18/h1-12,28H,13-15H2,(H,27,29)/b8-5+. The number of aromatic nitrogens is 1. The lowest BCUT2D eigenvalue weighted by atomic mass is 10.2. The van der Waals surface area contributed by atoms with Crippen molar-refractivity contribution in [3.8, 4) is 5.88 Å². The third-order valence-electron chi connectivity index (χ3n) is 4.28. The summed E-state index contributed by atoms with van der Waals surface area (Å²) in [5.74, 6) is -0.175. The lowest BCUT2D eigenvalue weighted by Gasteiger charge is -2.09. The summed E-state index contributed by atoms with van der Waals surface area (Å²) in [5.41, 5.74) is 1.09. The number of sulfonamides is 1. The largest absolute Gasteiger partial charge is 0.468 e. The molecule has 0 spiro atoms. The molecule has 12 heteroatoms. The van der Waals surface area contributed by atoms with Crippen LogP contribution >= 0.6 is 0 Å². The van der Waals surface area contributed by atoms with Crippen molar-refractivity contribution in [3.05, 3.63) is 84.0 Å². The van der Waals surface area contributed by atoms with E-state index in [9.17, 15) is 26.4 Å². The maximum Gasteiger partial charge on any atom is 0.422 e. The van der Waals surface area contributed by atoms with E-state index in [1.807, 2.05) is 0 Å². The number of hydrogen-bond acceptors (Lipinski definition) is 6. The van der Waals surface area contributed by atoms with Crippen molar-refractivity contribution in [2.75, 3.05) is 6.61 Å². The molecule has 180 valence electrons. The molecule has 0 saturated heterocycles. The minimum absolute atomic E-state index is 0.0184. The quantitative estimate of drug-likeness (QED) is 0.417. The fourth-order valence-electron chi connectivity index (χ4n) is 2.64. The molecule has 8 nitrogen and oxygen atoms in total. The molecular formula is C22H20F3N3O5S. The van der Waals surface area contributed by atoms with Gasteiger partial charge in [0.2, 0.25) is 21.8 Å². The van der Waals surface area contributed by atoms with E-state index in [-0.39, 0.29) is 23.9 Å². The van der Waals surface area contributed by atoms with Crippen molar-refractivity contribution in [1.82, 2.24) is 15.0 Å². The zero-order chi connectivity index (χ0) is 24.6. The van der Waals surface area contributed by atoms with Gasteiger partial charge in [0, 0.05) is 24.9 Å². The van der Waals surface area contributed by atoms with Crippen LogP contribution in [0.15, 0.2) is 76.4 Å². The van der Waals surface area contributed by atoms with Gasteiger partial charge in [0.25, 0.3) is 0 Å². The Morgan fingerprint density at radius 2 is 1.88 bits per heavy atom. The average Bonchev–Trinajstić information content (AvgIpc) is 3.33. The molecule has 2 aromatic heterocycles. The number of benzene rings is 1. The van der Waals surface area contributed by atoms with Gasteiger partial charge in [-0.1, -0.05) is 12.1 Å². The molecule has 0 atom stereocenters. The molecule has 0 radical (unpaired) electrons. The van der Waals surface area contributed by atoms with Gasteiger partial charge < -0.3 is 14.5 Å². The second-order valence-electron chi connectivity index (χ2n) is 6.93. The van der Waals surface area contributed by atoms with Gasteiger partial charge in [0.15, 0.2) is 6.61 Å². The monoisotopic (exact) mass is 495 g/mol. The molecule has 0 bridgehead atoms. The summed E-state index contributed by atoms with van der Waals surface area (Å²) in [5, 5.41) is 2.59. The molecule has 1 aromatic carbocycles. The van der Waals surface area contributed by atoms with Crippen molar-refractivity contribution in [1.29, 1.82) is 0 Å². The highest BCUT2D eigenvalue weighted by Gasteiger charge is 2.28. The number of nitrogens with one attached hydrogen (secondary N) is 2. The number of pyridine rings is 1. The summed E-state index contributed by atoms with van der Waals surface area (Å²) in [4.78, 5) is 15.8. The van der Waals surface area contributed by atoms with E-state index in [1.165, 1.54) is 48.9 Å². The molecule has 1 amide bonds. The van der Waals surface area contributed by atoms with Crippen LogP contribution in [0.3, 0.4) is 0 Å². The van der Waals surface area contributed by atoms with E-state index < -0.39 is 28.7 Å². The second-order valence-corrected chi connectivity index (χ2v) is 8.70. The Morgan fingerprint density at radius 1 is 1.12 bits per heavy atom. The molecule has 2 heterocycles. The Kier molecular flexibility index (Phi) is 8.08. The smallest absolute Gasteiger partial charge is 0.422 e. The molecule has 3 rings (SSSR count). The van der Waals surface area contributed by atoms with E-state index in [2.05, 4.69) is 19.8 Å². The third kappa shape index (κ3) is 8.05. The first-order valence-electron chi connectivity index (χ1n) is 9.83. The van der Waals surface area contributed by atoms with Crippen LogP contribution in [-0.2, 0) is 27.9 Å². The van der Waals surface area contributed by atoms with Crippen LogP contribution in [0.5, 0.6) is 5.88 Å². The molecule has 3 aromatic rings.